The van der Waals surface area contributed by atoms with Crippen LogP contribution in [0.3, 0.4) is 0 Å². The van der Waals surface area contributed by atoms with E-state index in [0.717, 1.165) is 18.1 Å². The largest absolute Gasteiger partial charge is 0.491 e. The third kappa shape index (κ3) is 15.2. The molecule has 0 aliphatic carbocycles. The zero-order chi connectivity index (χ0) is 27.9. The quantitative estimate of drug-likeness (QED) is 0.128. The molecule has 6 nitrogen and oxygen atoms in total. The molecule has 0 atom stereocenters. The first-order valence-electron chi connectivity index (χ1n) is 13.2. The van der Waals surface area contributed by atoms with Crippen LogP contribution in [0.5, 0.6) is 0 Å². The van der Waals surface area contributed by atoms with E-state index in [9.17, 15) is 4.79 Å². The van der Waals surface area contributed by atoms with Gasteiger partial charge in [0.25, 0.3) is 0 Å². The smallest absolute Gasteiger partial charge is 0.393 e. The minimum atomic E-state index is -2.91. The van der Waals surface area contributed by atoms with E-state index < -0.39 is 42.6 Å². The molecule has 0 bridgehead atoms. The fourth-order valence-corrected chi connectivity index (χ4v) is 30.6. The summed E-state index contributed by atoms with van der Waals surface area (Å²) in [7, 11) is -12.4. The maximum atomic E-state index is 12.7. The molecule has 0 fully saturated rings. The maximum absolute atomic E-state index is 12.7. The molecule has 0 aliphatic rings. The van der Waals surface area contributed by atoms with Crippen molar-refractivity contribution in [3.05, 3.63) is 12.2 Å². The monoisotopic (exact) mass is 580 g/mol. The summed E-state index contributed by atoms with van der Waals surface area (Å²) in [5.41, 5.74) is 0.399. The van der Waals surface area contributed by atoms with Crippen LogP contribution in [0, 0.1) is 11.8 Å². The first-order valence-corrected chi connectivity index (χ1v) is 27.0. The maximum Gasteiger partial charge on any atom is 0.393 e. The zero-order valence-electron chi connectivity index (χ0n) is 25.3. The van der Waals surface area contributed by atoms with E-state index >= 15 is 0 Å². The fraction of sp³-hybridized carbons (Fsp3) is 0.875. The second-order valence-corrected chi connectivity index (χ2v) is 31.3. The summed E-state index contributed by atoms with van der Waals surface area (Å²) in [5, 5.41) is 0. The minimum Gasteiger partial charge on any atom is -0.491 e. The molecule has 0 saturated carbocycles. The Hall–Kier alpha value is 0.134. The van der Waals surface area contributed by atoms with Gasteiger partial charge in [0, 0.05) is 17.7 Å². The van der Waals surface area contributed by atoms with Crippen LogP contribution in [0.15, 0.2) is 12.2 Å². The molecule has 35 heavy (non-hydrogen) atoms. The van der Waals surface area contributed by atoms with Crippen LogP contribution in [0.25, 0.3) is 0 Å². The van der Waals surface area contributed by atoms with Crippen LogP contribution in [0.2, 0.25) is 70.5 Å². The molecule has 0 rings (SSSR count). The summed E-state index contributed by atoms with van der Waals surface area (Å²) < 4.78 is 33.2. The highest BCUT2D eigenvalue weighted by Gasteiger charge is 2.51. The molecule has 0 aliphatic heterocycles. The number of hydrogen-bond acceptors (Lipinski definition) is 6. The van der Waals surface area contributed by atoms with Gasteiger partial charge in [-0.1, -0.05) is 54.0 Å². The average Bonchev–Trinajstić information content (AvgIpc) is 2.54. The van der Waals surface area contributed by atoms with Crippen molar-refractivity contribution >= 4 is 48.5 Å². The first kappa shape index (κ1) is 35.1. The van der Waals surface area contributed by atoms with Crippen LogP contribution in [-0.4, -0.2) is 48.5 Å². The summed E-state index contributed by atoms with van der Waals surface area (Å²) in [6.45, 7) is 33.4. The predicted molar refractivity (Wildman–Crippen MR) is 160 cm³/mol. The summed E-state index contributed by atoms with van der Waals surface area (Å²) in [4.78, 5) is 12.7. The van der Waals surface area contributed by atoms with Crippen LogP contribution >= 0.6 is 0 Å². The first-order chi connectivity index (χ1) is 15.5. The molecule has 0 aromatic heterocycles. The molecule has 0 aromatic carbocycles. The lowest BCUT2D eigenvalue weighted by molar-refractivity contribution is -0.132. The Morgan fingerprint density at radius 3 is 1.51 bits per heavy atom. The molecular formula is C24H56O6Si5. The van der Waals surface area contributed by atoms with E-state index in [2.05, 4.69) is 93.6 Å². The molecule has 0 radical (unpaired) electrons. The summed E-state index contributed by atoms with van der Waals surface area (Å²) in [6, 6.07) is 2.60. The highest BCUT2D eigenvalue weighted by Crippen LogP contribution is 2.34. The lowest BCUT2D eigenvalue weighted by Crippen LogP contribution is -2.60. The van der Waals surface area contributed by atoms with Crippen LogP contribution in [0.1, 0.15) is 54.4 Å². The molecule has 0 heterocycles. The van der Waals surface area contributed by atoms with Crippen molar-refractivity contribution in [1.29, 1.82) is 0 Å². The van der Waals surface area contributed by atoms with Crippen molar-refractivity contribution in [2.24, 2.45) is 11.8 Å². The van der Waals surface area contributed by atoms with Crippen molar-refractivity contribution in [1.82, 2.24) is 0 Å². The Kier molecular flexibility index (Phi) is 13.8. The van der Waals surface area contributed by atoms with Crippen molar-refractivity contribution in [3.63, 3.8) is 0 Å². The highest BCUT2D eigenvalue weighted by molar-refractivity contribution is 6.90. The van der Waals surface area contributed by atoms with E-state index in [4.69, 9.17) is 20.9 Å². The molecule has 11 heteroatoms. The Labute approximate surface area is 222 Å². The second kappa shape index (κ2) is 13.8. The van der Waals surface area contributed by atoms with Gasteiger partial charge in [-0.05, 0) is 77.2 Å². The van der Waals surface area contributed by atoms with Gasteiger partial charge < -0.3 is 20.9 Å². The van der Waals surface area contributed by atoms with Crippen LogP contribution in [0.4, 0.5) is 0 Å². The topological polar surface area (TPSA) is 63.2 Å². The normalized spacial score (nSPS) is 14.1. The van der Waals surface area contributed by atoms with Gasteiger partial charge in [0.15, 0.2) is 8.32 Å². The Morgan fingerprint density at radius 2 is 1.14 bits per heavy atom. The summed E-state index contributed by atoms with van der Waals surface area (Å²) in [6.07, 6.45) is 2.37. The lowest BCUT2D eigenvalue weighted by atomic mass is 10.3. The van der Waals surface area contributed by atoms with Crippen LogP contribution < -0.4 is 0 Å². The SMILES string of the molecule is C=C(C)C(=O)O[Si](CC(C)C)(CC(C)C)O[Si](C)(C)O[Si](C)(C)O[Si](C)(C)O[Si](C)(C)CCCC. The van der Waals surface area contributed by atoms with Gasteiger partial charge in [-0.25, -0.2) is 4.79 Å². The summed E-state index contributed by atoms with van der Waals surface area (Å²) >= 11 is 0. The minimum absolute atomic E-state index is 0.333. The lowest BCUT2D eigenvalue weighted by Gasteiger charge is -2.43. The van der Waals surface area contributed by atoms with Crippen molar-refractivity contribution < 1.29 is 25.7 Å². The van der Waals surface area contributed by atoms with Crippen molar-refractivity contribution in [2.45, 2.75) is 125 Å². The molecule has 0 N–H and O–H groups in total. The van der Waals surface area contributed by atoms with Gasteiger partial charge in [-0.2, -0.15) is 0 Å². The van der Waals surface area contributed by atoms with E-state index in [1.165, 1.54) is 12.8 Å². The number of rotatable bonds is 17. The van der Waals surface area contributed by atoms with Gasteiger partial charge in [-0.3, -0.25) is 0 Å². The van der Waals surface area contributed by atoms with Gasteiger partial charge in [-0.15, -0.1) is 0 Å². The fourth-order valence-electron chi connectivity index (χ4n) is 4.78. The van der Waals surface area contributed by atoms with Crippen molar-refractivity contribution in [2.75, 3.05) is 0 Å². The van der Waals surface area contributed by atoms with Crippen molar-refractivity contribution in [3.8, 4) is 0 Å². The highest BCUT2D eigenvalue weighted by atomic mass is 28.5. The Balaban J connectivity index is 5.79. The van der Waals surface area contributed by atoms with Gasteiger partial charge >= 0.3 is 40.2 Å². The number of carbonyl (C=O) groups excluding carboxylic acids is 1. The number of carbonyl (C=O) groups is 1. The molecule has 0 spiro atoms. The number of hydrogen-bond donors (Lipinski definition) is 0. The third-order valence-electron chi connectivity index (χ3n) is 5.14. The van der Waals surface area contributed by atoms with E-state index in [0.29, 0.717) is 17.4 Å². The molecule has 208 valence electrons. The Bertz CT molecular complexity index is 682. The van der Waals surface area contributed by atoms with E-state index in [1.54, 1.807) is 6.92 Å². The molecule has 0 unspecified atom stereocenters. The zero-order valence-corrected chi connectivity index (χ0v) is 30.3. The van der Waals surface area contributed by atoms with Gasteiger partial charge in [0.05, 0.1) is 0 Å². The molecule has 0 aromatic rings. The standard InChI is InChI=1S/C24H56O6Si5/c1-16-17-18-31(8,9)27-32(10,11)28-33(12,13)29-34(14,15)30-35(19-21(2)3,20-22(4)5)26-24(25)23(6)7/h21-22H,6,16-20H2,1-5,7-15H3. The van der Waals surface area contributed by atoms with Crippen LogP contribution in [-0.2, 0) is 25.7 Å². The molecular weight excluding hydrogens is 525 g/mol. The Morgan fingerprint density at radius 1 is 0.743 bits per heavy atom. The third-order valence-corrected chi connectivity index (χ3v) is 25.6. The van der Waals surface area contributed by atoms with E-state index in [-0.39, 0.29) is 5.97 Å². The molecule has 0 saturated heterocycles. The average molecular weight is 581 g/mol. The van der Waals surface area contributed by atoms with E-state index in [1.807, 2.05) is 0 Å². The van der Waals surface area contributed by atoms with Gasteiger partial charge in [0.1, 0.15) is 0 Å². The number of unbranched alkanes of at least 4 members (excludes halogenated alkanes) is 1. The summed E-state index contributed by atoms with van der Waals surface area (Å²) in [5.74, 6) is 0.302. The predicted octanol–water partition coefficient (Wildman–Crippen LogP) is 8.04. The molecule has 0 amide bonds. The van der Waals surface area contributed by atoms with Gasteiger partial charge in [0.2, 0.25) is 0 Å². The second-order valence-electron chi connectivity index (χ2n) is 12.7.